The molecule has 0 fully saturated rings. The van der Waals surface area contributed by atoms with Crippen molar-refractivity contribution in [2.45, 2.75) is 6.92 Å². The van der Waals surface area contributed by atoms with E-state index in [0.29, 0.717) is 0 Å². The van der Waals surface area contributed by atoms with E-state index in [0.717, 1.165) is 5.69 Å². The number of aryl methyl sites for hydroxylation is 1. The monoisotopic (exact) mass is 158 g/mol. The molecule has 1 rings (SSSR count). The summed E-state index contributed by atoms with van der Waals surface area (Å²) in [5.74, 6) is 5.17. The Bertz CT molecular complexity index is 201. The average Bonchev–Trinajstić information content (AvgIpc) is 1.88. The highest BCUT2D eigenvalue weighted by Gasteiger charge is 1.85. The van der Waals surface area contributed by atoms with E-state index in [1.54, 1.807) is 0 Å². The molecular formula is C7H11ClN2. The maximum Gasteiger partial charge on any atom is 0.0487 e. The van der Waals surface area contributed by atoms with Gasteiger partial charge in [-0.3, -0.25) is 5.84 Å². The van der Waals surface area contributed by atoms with Gasteiger partial charge in [0.25, 0.3) is 0 Å². The second-order valence-electron chi connectivity index (χ2n) is 2.01. The molecule has 10 heavy (non-hydrogen) atoms. The van der Waals surface area contributed by atoms with Crippen molar-refractivity contribution in [3.63, 3.8) is 0 Å². The van der Waals surface area contributed by atoms with Crippen molar-refractivity contribution in [2.75, 3.05) is 5.43 Å². The Kier molecular flexibility index (Phi) is 3.84. The minimum absolute atomic E-state index is 0. The van der Waals surface area contributed by atoms with Crippen molar-refractivity contribution in [1.29, 1.82) is 0 Å². The van der Waals surface area contributed by atoms with Gasteiger partial charge in [-0.25, -0.2) is 0 Å². The van der Waals surface area contributed by atoms with Gasteiger partial charge in [-0.15, -0.1) is 12.4 Å². The molecule has 2 nitrogen and oxygen atoms in total. The third-order valence-electron chi connectivity index (χ3n) is 1.18. The molecule has 1 aromatic carbocycles. The SMILES string of the molecule is Cc1cccc(NN)c1.Cl. The van der Waals surface area contributed by atoms with E-state index in [1.165, 1.54) is 5.56 Å². The van der Waals surface area contributed by atoms with E-state index in [2.05, 4.69) is 5.43 Å². The number of hydrogen-bond acceptors (Lipinski definition) is 2. The number of nitrogens with two attached hydrogens (primary N) is 1. The lowest BCUT2D eigenvalue weighted by atomic mass is 10.2. The number of hydrogen-bond donors (Lipinski definition) is 2. The molecule has 0 spiro atoms. The molecular weight excluding hydrogens is 148 g/mol. The zero-order chi connectivity index (χ0) is 6.69. The summed E-state index contributed by atoms with van der Waals surface area (Å²) in [4.78, 5) is 0. The van der Waals surface area contributed by atoms with Gasteiger partial charge in [-0.05, 0) is 24.6 Å². The molecule has 0 atom stereocenters. The summed E-state index contributed by atoms with van der Waals surface area (Å²) in [5, 5.41) is 0. The minimum atomic E-state index is 0. The van der Waals surface area contributed by atoms with E-state index in [9.17, 15) is 0 Å². The number of nitrogens with one attached hydrogen (secondary N) is 1. The Hall–Kier alpha value is -0.730. The van der Waals surface area contributed by atoms with E-state index in [4.69, 9.17) is 5.84 Å². The Labute approximate surface area is 66.8 Å². The van der Waals surface area contributed by atoms with Crippen molar-refractivity contribution in [3.8, 4) is 0 Å². The molecule has 56 valence electrons. The molecule has 0 unspecified atom stereocenters. The van der Waals surface area contributed by atoms with Crippen LogP contribution in [0.4, 0.5) is 5.69 Å². The molecule has 3 N–H and O–H groups in total. The fourth-order valence-electron chi connectivity index (χ4n) is 0.735. The molecule has 0 saturated carbocycles. The highest BCUT2D eigenvalue weighted by Crippen LogP contribution is 2.06. The predicted molar refractivity (Wildman–Crippen MR) is 46.2 cm³/mol. The second kappa shape index (κ2) is 4.14. The van der Waals surface area contributed by atoms with Crippen molar-refractivity contribution in [2.24, 2.45) is 5.84 Å². The van der Waals surface area contributed by atoms with Crippen molar-refractivity contribution in [3.05, 3.63) is 29.8 Å². The number of benzene rings is 1. The lowest BCUT2D eigenvalue weighted by Gasteiger charge is -1.98. The summed E-state index contributed by atoms with van der Waals surface area (Å²) in [6.45, 7) is 2.03. The summed E-state index contributed by atoms with van der Waals surface area (Å²) in [5.41, 5.74) is 4.73. The Morgan fingerprint density at radius 1 is 1.40 bits per heavy atom. The van der Waals surface area contributed by atoms with Gasteiger partial charge in [0, 0.05) is 5.69 Å². The molecule has 0 heterocycles. The van der Waals surface area contributed by atoms with Gasteiger partial charge in [0.05, 0.1) is 0 Å². The minimum Gasteiger partial charge on any atom is -0.324 e. The molecule has 0 aromatic heterocycles. The van der Waals surface area contributed by atoms with Gasteiger partial charge in [0.2, 0.25) is 0 Å². The molecule has 1 aromatic rings. The molecule has 0 saturated heterocycles. The van der Waals surface area contributed by atoms with Gasteiger partial charge >= 0.3 is 0 Å². The van der Waals surface area contributed by atoms with Gasteiger partial charge in [-0.2, -0.15) is 0 Å². The summed E-state index contributed by atoms with van der Waals surface area (Å²) >= 11 is 0. The lowest BCUT2D eigenvalue weighted by Crippen LogP contribution is -2.06. The zero-order valence-electron chi connectivity index (χ0n) is 5.79. The van der Waals surface area contributed by atoms with Crippen LogP contribution >= 0.6 is 12.4 Å². The van der Waals surface area contributed by atoms with Crippen LogP contribution in [0.3, 0.4) is 0 Å². The first-order valence-electron chi connectivity index (χ1n) is 2.86. The first kappa shape index (κ1) is 9.27. The number of rotatable bonds is 1. The molecule has 0 aliphatic rings. The predicted octanol–water partition coefficient (Wildman–Crippen LogP) is 1.70. The van der Waals surface area contributed by atoms with Gasteiger partial charge < -0.3 is 5.43 Å². The van der Waals surface area contributed by atoms with Crippen LogP contribution in [0.1, 0.15) is 5.56 Å². The van der Waals surface area contributed by atoms with E-state index in [1.807, 2.05) is 31.2 Å². The third-order valence-corrected chi connectivity index (χ3v) is 1.18. The quantitative estimate of drug-likeness (QED) is 0.482. The summed E-state index contributed by atoms with van der Waals surface area (Å²) in [7, 11) is 0. The summed E-state index contributed by atoms with van der Waals surface area (Å²) < 4.78 is 0. The smallest absolute Gasteiger partial charge is 0.0487 e. The fourth-order valence-corrected chi connectivity index (χ4v) is 0.735. The van der Waals surface area contributed by atoms with E-state index >= 15 is 0 Å². The standard InChI is InChI=1S/C7H10N2.ClH/c1-6-3-2-4-7(5-6)9-8;/h2-5,9H,8H2,1H3;1H. The van der Waals surface area contributed by atoms with Crippen LogP contribution < -0.4 is 11.3 Å². The maximum absolute atomic E-state index is 5.17. The summed E-state index contributed by atoms with van der Waals surface area (Å²) in [6, 6.07) is 7.90. The van der Waals surface area contributed by atoms with Crippen LogP contribution in [0.2, 0.25) is 0 Å². The maximum atomic E-state index is 5.17. The Morgan fingerprint density at radius 3 is 2.50 bits per heavy atom. The van der Waals surface area contributed by atoms with Crippen LogP contribution in [-0.2, 0) is 0 Å². The second-order valence-corrected chi connectivity index (χ2v) is 2.01. The van der Waals surface area contributed by atoms with E-state index in [-0.39, 0.29) is 12.4 Å². The molecule has 0 amide bonds. The molecule has 0 aliphatic carbocycles. The van der Waals surface area contributed by atoms with Crippen LogP contribution in [-0.4, -0.2) is 0 Å². The topological polar surface area (TPSA) is 38.0 Å². The molecule has 0 bridgehead atoms. The molecule has 3 heteroatoms. The van der Waals surface area contributed by atoms with Crippen molar-refractivity contribution in [1.82, 2.24) is 0 Å². The fraction of sp³-hybridized carbons (Fsp3) is 0.143. The average molecular weight is 159 g/mol. The molecule has 0 aliphatic heterocycles. The molecule has 0 radical (unpaired) electrons. The first-order chi connectivity index (χ1) is 4.33. The normalized spacial score (nSPS) is 8.20. The summed E-state index contributed by atoms with van der Waals surface area (Å²) in [6.07, 6.45) is 0. The largest absolute Gasteiger partial charge is 0.324 e. The van der Waals surface area contributed by atoms with Crippen molar-refractivity contribution < 1.29 is 0 Å². The number of nitrogen functional groups attached to an aromatic ring is 1. The lowest BCUT2D eigenvalue weighted by molar-refractivity contribution is 1.33. The zero-order valence-corrected chi connectivity index (χ0v) is 6.61. The highest BCUT2D eigenvalue weighted by atomic mass is 35.5. The van der Waals surface area contributed by atoms with Crippen LogP contribution in [0.25, 0.3) is 0 Å². The van der Waals surface area contributed by atoms with Crippen LogP contribution in [0.5, 0.6) is 0 Å². The van der Waals surface area contributed by atoms with Gasteiger partial charge in [0.15, 0.2) is 0 Å². The highest BCUT2D eigenvalue weighted by molar-refractivity contribution is 5.85. The van der Waals surface area contributed by atoms with Gasteiger partial charge in [-0.1, -0.05) is 12.1 Å². The van der Waals surface area contributed by atoms with Gasteiger partial charge in [0.1, 0.15) is 0 Å². The third kappa shape index (κ3) is 2.25. The number of anilines is 1. The number of halogens is 1. The van der Waals surface area contributed by atoms with Crippen molar-refractivity contribution >= 4 is 18.1 Å². The Morgan fingerprint density at radius 2 is 2.10 bits per heavy atom. The van der Waals surface area contributed by atoms with E-state index < -0.39 is 0 Å². The first-order valence-corrected chi connectivity index (χ1v) is 2.86. The van der Waals surface area contributed by atoms with Crippen LogP contribution in [0, 0.1) is 6.92 Å². The van der Waals surface area contributed by atoms with Crippen LogP contribution in [0.15, 0.2) is 24.3 Å². The number of hydrazine groups is 1. The Balaban J connectivity index is 0.000000810.